The molecule has 4 bridgehead atoms. The summed E-state index contributed by atoms with van der Waals surface area (Å²) in [7, 11) is 0. The summed E-state index contributed by atoms with van der Waals surface area (Å²) < 4.78 is 1.89. The van der Waals surface area contributed by atoms with E-state index < -0.39 is 18.5 Å². The topological polar surface area (TPSA) is 140 Å². The minimum Gasteiger partial charge on any atom is -0.481 e. The SMILES string of the molecule is NC(=O)CO/N=C(\CCC(=O)O)c1nc2ccccc2n(C2CC3CCCC(C2)N3C2CC3CCCCC(C3)C2)c1=O. The van der Waals surface area contributed by atoms with Gasteiger partial charge in [0.2, 0.25) is 0 Å². The Morgan fingerprint density at radius 1 is 0.905 bits per heavy atom. The molecule has 3 heterocycles. The summed E-state index contributed by atoms with van der Waals surface area (Å²) in [6.45, 7) is -0.469. The molecule has 2 aliphatic carbocycles. The van der Waals surface area contributed by atoms with Gasteiger partial charge in [-0.2, -0.15) is 0 Å². The third kappa shape index (κ3) is 6.09. The van der Waals surface area contributed by atoms with Crippen molar-refractivity contribution in [2.75, 3.05) is 6.61 Å². The predicted octanol–water partition coefficient (Wildman–Crippen LogP) is 4.38. The van der Waals surface area contributed by atoms with Crippen LogP contribution in [-0.2, 0) is 14.4 Å². The van der Waals surface area contributed by atoms with E-state index in [0.717, 1.165) is 43.0 Å². The number of nitrogens with two attached hydrogens (primary N) is 1. The number of hydrogen-bond donors (Lipinski definition) is 2. The molecule has 1 aromatic heterocycles. The van der Waals surface area contributed by atoms with Crippen LogP contribution in [0.25, 0.3) is 11.0 Å². The van der Waals surface area contributed by atoms with Crippen molar-refractivity contribution in [1.82, 2.24) is 14.5 Å². The number of amides is 1. The maximum absolute atomic E-state index is 14.3. The van der Waals surface area contributed by atoms with Crippen LogP contribution in [0.4, 0.5) is 0 Å². The number of benzene rings is 1. The number of carbonyl (C=O) groups is 2. The fourth-order valence-electron chi connectivity index (χ4n) is 8.62. The number of oxime groups is 1. The third-order valence-corrected chi connectivity index (χ3v) is 10.2. The minimum absolute atomic E-state index is 0.00818. The van der Waals surface area contributed by atoms with E-state index >= 15 is 0 Å². The smallest absolute Gasteiger partial charge is 0.303 e. The summed E-state index contributed by atoms with van der Waals surface area (Å²) in [5, 5.41) is 13.3. The van der Waals surface area contributed by atoms with Gasteiger partial charge in [0, 0.05) is 30.6 Å². The third-order valence-electron chi connectivity index (χ3n) is 10.2. The molecular weight excluding hydrogens is 534 g/mol. The van der Waals surface area contributed by atoms with Crippen molar-refractivity contribution in [1.29, 1.82) is 0 Å². The molecule has 4 aliphatic rings. The van der Waals surface area contributed by atoms with Crippen LogP contribution in [0.3, 0.4) is 0 Å². The quantitative estimate of drug-likeness (QED) is 0.333. The number of carboxylic acid groups (broad SMARTS) is 1. The van der Waals surface area contributed by atoms with E-state index in [9.17, 15) is 19.5 Å². The molecule has 42 heavy (non-hydrogen) atoms. The molecule has 2 aromatic rings. The van der Waals surface area contributed by atoms with Gasteiger partial charge in [-0.25, -0.2) is 4.98 Å². The lowest BCUT2D eigenvalue weighted by molar-refractivity contribution is -0.136. The summed E-state index contributed by atoms with van der Waals surface area (Å²) in [6.07, 6.45) is 14.7. The highest BCUT2D eigenvalue weighted by Crippen LogP contribution is 2.47. The fraction of sp³-hybridized carbons (Fsp3) is 0.656. The number of piperidine rings is 2. The number of fused-ring (bicyclic) bond motifs is 5. The van der Waals surface area contributed by atoms with Gasteiger partial charge in [-0.1, -0.05) is 49.4 Å². The van der Waals surface area contributed by atoms with Crippen molar-refractivity contribution in [3.05, 3.63) is 40.3 Å². The summed E-state index contributed by atoms with van der Waals surface area (Å²) >= 11 is 0. The number of primary amides is 1. The van der Waals surface area contributed by atoms with E-state index in [4.69, 9.17) is 10.6 Å². The maximum atomic E-state index is 14.3. The highest BCUT2D eigenvalue weighted by atomic mass is 16.6. The van der Waals surface area contributed by atoms with Gasteiger partial charge in [0.25, 0.3) is 11.5 Å². The number of carboxylic acids is 1. The molecule has 6 rings (SSSR count). The lowest BCUT2D eigenvalue weighted by Crippen LogP contribution is -2.58. The van der Waals surface area contributed by atoms with Crippen LogP contribution in [0.5, 0.6) is 0 Å². The summed E-state index contributed by atoms with van der Waals surface area (Å²) in [5.74, 6) is -0.00849. The normalized spacial score (nSPS) is 30.0. The van der Waals surface area contributed by atoms with E-state index in [1.54, 1.807) is 0 Å². The van der Waals surface area contributed by atoms with Gasteiger partial charge in [-0.3, -0.25) is 19.3 Å². The summed E-state index contributed by atoms with van der Waals surface area (Å²) in [5.41, 5.74) is 6.52. The second-order valence-corrected chi connectivity index (χ2v) is 13.0. The number of aliphatic carboxylic acids is 1. The zero-order valence-electron chi connectivity index (χ0n) is 24.3. The summed E-state index contributed by atoms with van der Waals surface area (Å²) in [6, 6.07) is 9.19. The lowest BCUT2D eigenvalue weighted by Gasteiger charge is -2.54. The number of carbonyl (C=O) groups excluding carboxylic acids is 1. The second kappa shape index (κ2) is 12.5. The van der Waals surface area contributed by atoms with Crippen molar-refractivity contribution in [3.8, 4) is 0 Å². The molecule has 2 saturated heterocycles. The number of rotatable bonds is 9. The average Bonchev–Trinajstić information content (AvgIpc) is 3.12. The van der Waals surface area contributed by atoms with Crippen LogP contribution >= 0.6 is 0 Å². The maximum Gasteiger partial charge on any atom is 0.303 e. The van der Waals surface area contributed by atoms with Gasteiger partial charge in [-0.05, 0) is 68.9 Å². The van der Waals surface area contributed by atoms with Crippen LogP contribution in [0.2, 0.25) is 0 Å². The second-order valence-electron chi connectivity index (χ2n) is 13.0. The first-order valence-corrected chi connectivity index (χ1v) is 15.9. The van der Waals surface area contributed by atoms with Crippen LogP contribution in [0.15, 0.2) is 34.2 Å². The molecule has 0 radical (unpaired) electrons. The van der Waals surface area contributed by atoms with E-state index in [2.05, 4.69) is 15.0 Å². The lowest BCUT2D eigenvalue weighted by atomic mass is 9.73. The molecular formula is C32H43N5O5. The first kappa shape index (κ1) is 28.8. The molecule has 2 aliphatic heterocycles. The molecule has 226 valence electrons. The van der Waals surface area contributed by atoms with E-state index in [0.29, 0.717) is 23.6 Å². The van der Waals surface area contributed by atoms with E-state index in [1.165, 1.54) is 51.4 Å². The molecule has 10 nitrogen and oxygen atoms in total. The highest BCUT2D eigenvalue weighted by Gasteiger charge is 2.45. The van der Waals surface area contributed by atoms with Crippen LogP contribution in [0, 0.1) is 11.8 Å². The Morgan fingerprint density at radius 3 is 2.26 bits per heavy atom. The monoisotopic (exact) mass is 577 g/mol. The number of aromatic nitrogens is 2. The van der Waals surface area contributed by atoms with Crippen molar-refractivity contribution in [2.45, 2.75) is 114 Å². The Hall–Kier alpha value is -3.27. The van der Waals surface area contributed by atoms with Gasteiger partial charge in [-0.15, -0.1) is 0 Å². The molecule has 3 N–H and O–H groups in total. The predicted molar refractivity (Wildman–Crippen MR) is 159 cm³/mol. The minimum atomic E-state index is -1.03. The van der Waals surface area contributed by atoms with E-state index in [-0.39, 0.29) is 35.8 Å². The highest BCUT2D eigenvalue weighted by molar-refractivity contribution is 6.00. The largest absolute Gasteiger partial charge is 0.481 e. The molecule has 4 unspecified atom stereocenters. The Balaban J connectivity index is 1.34. The zero-order chi connectivity index (χ0) is 29.2. The van der Waals surface area contributed by atoms with Crippen molar-refractivity contribution < 1.29 is 19.5 Å². The Morgan fingerprint density at radius 2 is 1.60 bits per heavy atom. The number of nitrogens with zero attached hydrogens (tertiary/aromatic N) is 4. The van der Waals surface area contributed by atoms with E-state index in [1.807, 2.05) is 28.8 Å². The van der Waals surface area contributed by atoms with Gasteiger partial charge in [0.15, 0.2) is 12.3 Å². The van der Waals surface area contributed by atoms with Gasteiger partial charge in [0.05, 0.1) is 17.5 Å². The average molecular weight is 578 g/mol. The molecule has 1 aromatic carbocycles. The molecule has 2 saturated carbocycles. The van der Waals surface area contributed by atoms with Crippen LogP contribution < -0.4 is 11.3 Å². The Labute approximate surface area is 246 Å². The fourth-order valence-corrected chi connectivity index (χ4v) is 8.62. The van der Waals surface area contributed by atoms with Gasteiger partial charge in [0.1, 0.15) is 5.71 Å². The van der Waals surface area contributed by atoms with Crippen LogP contribution in [-0.4, -0.2) is 61.9 Å². The summed E-state index contributed by atoms with van der Waals surface area (Å²) in [4.78, 5) is 49.5. The Kier molecular flexibility index (Phi) is 8.60. The first-order valence-electron chi connectivity index (χ1n) is 15.9. The molecule has 0 spiro atoms. The van der Waals surface area contributed by atoms with Gasteiger partial charge >= 0.3 is 5.97 Å². The first-order chi connectivity index (χ1) is 20.4. The molecule has 4 fully saturated rings. The van der Waals surface area contributed by atoms with Crippen molar-refractivity contribution in [2.24, 2.45) is 22.7 Å². The molecule has 1 amide bonds. The zero-order valence-corrected chi connectivity index (χ0v) is 24.3. The number of para-hydroxylation sites is 2. The van der Waals surface area contributed by atoms with Crippen molar-refractivity contribution in [3.63, 3.8) is 0 Å². The standard InChI is InChI=1S/C32H43N5O5/c33-29(38)19-42-35-27(12-13-30(39)40)31-32(41)37(28-11-4-3-10-26(28)34-31)25-17-22-8-5-9-23(18-25)36(22)24-15-20-6-1-2-7-21(14-20)16-24/h3-4,10-11,20-25H,1-2,5-9,12-19H2,(H2,33,38)(H,39,40)/b35-27+. The molecule has 10 heteroatoms. The van der Waals surface area contributed by atoms with Gasteiger partial charge < -0.3 is 20.2 Å². The van der Waals surface area contributed by atoms with Crippen LogP contribution in [0.1, 0.15) is 102 Å². The molecule has 4 atom stereocenters. The Bertz CT molecular complexity index is 1380. The number of hydrogen-bond acceptors (Lipinski definition) is 7. The van der Waals surface area contributed by atoms with Crippen molar-refractivity contribution >= 4 is 28.6 Å².